The Morgan fingerprint density at radius 1 is 1.26 bits per heavy atom. The van der Waals surface area contributed by atoms with Crippen molar-refractivity contribution in [2.24, 2.45) is 0 Å². The Balaban J connectivity index is 1.56. The van der Waals surface area contributed by atoms with E-state index in [1.54, 1.807) is 11.8 Å². The molecule has 0 amide bonds. The number of H-pyrrole nitrogens is 1. The zero-order valence-electron chi connectivity index (χ0n) is 12.4. The van der Waals surface area contributed by atoms with Crippen LogP contribution in [0.25, 0.3) is 0 Å². The molecule has 7 heteroatoms. The van der Waals surface area contributed by atoms with Crippen molar-refractivity contribution >= 4 is 11.8 Å². The van der Waals surface area contributed by atoms with Crippen LogP contribution in [0.2, 0.25) is 0 Å². The number of piperidine rings is 1. The number of likely N-dealkylation sites (tertiary alicyclic amines) is 1. The number of benzene rings is 1. The minimum Gasteiger partial charge on any atom is -0.421 e. The molecule has 1 fully saturated rings. The van der Waals surface area contributed by atoms with Crippen LogP contribution in [0.1, 0.15) is 23.5 Å². The molecule has 3 heterocycles. The highest BCUT2D eigenvalue weighted by molar-refractivity contribution is 8.00. The summed E-state index contributed by atoms with van der Waals surface area (Å²) in [4.78, 5) is 28.7. The summed E-state index contributed by atoms with van der Waals surface area (Å²) >= 11 is 1.55. The van der Waals surface area contributed by atoms with Gasteiger partial charge in [0.1, 0.15) is 0 Å². The van der Waals surface area contributed by atoms with Crippen molar-refractivity contribution in [3.05, 3.63) is 62.3 Å². The van der Waals surface area contributed by atoms with Crippen LogP contribution in [0.4, 0.5) is 0 Å². The lowest BCUT2D eigenvalue weighted by atomic mass is 9.90. The Labute approximate surface area is 136 Å². The summed E-state index contributed by atoms with van der Waals surface area (Å²) in [5, 5.41) is 10.4. The van der Waals surface area contributed by atoms with Crippen molar-refractivity contribution in [1.82, 2.24) is 14.6 Å². The fraction of sp³-hybridized carbons (Fsp3) is 0.375. The molecule has 2 aliphatic heterocycles. The maximum atomic E-state index is 12.2. The number of aromatic amines is 1. The predicted molar refractivity (Wildman–Crippen MR) is 87.2 cm³/mol. The van der Waals surface area contributed by atoms with Gasteiger partial charge in [-0.05, 0) is 18.5 Å². The SMILES string of the molecule is O=c1[nH]c2c(c(=O)n1O)C1CCN(Cc3ccccc3)CC1S2. The van der Waals surface area contributed by atoms with E-state index in [1.807, 2.05) is 18.2 Å². The highest BCUT2D eigenvalue weighted by Gasteiger charge is 2.40. The fourth-order valence-corrected chi connectivity index (χ4v) is 5.04. The van der Waals surface area contributed by atoms with Gasteiger partial charge in [0.2, 0.25) is 0 Å². The van der Waals surface area contributed by atoms with E-state index in [-0.39, 0.29) is 15.9 Å². The fourth-order valence-electron chi connectivity index (χ4n) is 3.51. The highest BCUT2D eigenvalue weighted by Crippen LogP contribution is 2.46. The lowest BCUT2D eigenvalue weighted by molar-refractivity contribution is 0.155. The molecule has 23 heavy (non-hydrogen) atoms. The van der Waals surface area contributed by atoms with Crippen molar-refractivity contribution in [3.8, 4) is 0 Å². The monoisotopic (exact) mass is 331 g/mol. The van der Waals surface area contributed by atoms with Crippen LogP contribution in [0.5, 0.6) is 0 Å². The Morgan fingerprint density at radius 3 is 2.83 bits per heavy atom. The van der Waals surface area contributed by atoms with E-state index >= 15 is 0 Å². The summed E-state index contributed by atoms with van der Waals surface area (Å²) in [6, 6.07) is 10.3. The maximum absolute atomic E-state index is 12.2. The second-order valence-corrected chi connectivity index (χ2v) is 7.31. The molecule has 1 saturated heterocycles. The second kappa shape index (κ2) is 5.58. The molecular formula is C16H17N3O3S. The molecule has 120 valence electrons. The minimum atomic E-state index is -0.763. The van der Waals surface area contributed by atoms with Gasteiger partial charge in [0.25, 0.3) is 5.56 Å². The third-order valence-electron chi connectivity index (χ3n) is 4.61. The minimum absolute atomic E-state index is 0.102. The summed E-state index contributed by atoms with van der Waals surface area (Å²) in [5.41, 5.74) is 0.514. The number of thioether (sulfide) groups is 1. The summed E-state index contributed by atoms with van der Waals surface area (Å²) in [6.07, 6.45) is 0.860. The van der Waals surface area contributed by atoms with E-state index in [9.17, 15) is 14.8 Å². The average Bonchev–Trinajstić information content (AvgIpc) is 2.91. The van der Waals surface area contributed by atoms with E-state index in [1.165, 1.54) is 5.56 Å². The molecule has 2 atom stereocenters. The van der Waals surface area contributed by atoms with Gasteiger partial charge in [0.05, 0.1) is 10.6 Å². The number of hydrogen-bond donors (Lipinski definition) is 2. The number of nitrogens with zero attached hydrogens (tertiary/aromatic N) is 2. The average molecular weight is 331 g/mol. The molecule has 0 radical (unpaired) electrons. The molecule has 0 bridgehead atoms. The molecule has 0 saturated carbocycles. The van der Waals surface area contributed by atoms with Crippen LogP contribution in [0.3, 0.4) is 0 Å². The van der Waals surface area contributed by atoms with Crippen molar-refractivity contribution < 1.29 is 5.21 Å². The Morgan fingerprint density at radius 2 is 2.04 bits per heavy atom. The van der Waals surface area contributed by atoms with Gasteiger partial charge in [0.15, 0.2) is 0 Å². The van der Waals surface area contributed by atoms with Gasteiger partial charge in [0, 0.05) is 24.3 Å². The van der Waals surface area contributed by atoms with Gasteiger partial charge in [-0.25, -0.2) is 4.79 Å². The molecule has 6 nitrogen and oxygen atoms in total. The smallest absolute Gasteiger partial charge is 0.362 e. The number of nitrogens with one attached hydrogen (secondary N) is 1. The second-order valence-electron chi connectivity index (χ2n) is 6.06. The highest BCUT2D eigenvalue weighted by atomic mass is 32.2. The molecule has 0 spiro atoms. The largest absolute Gasteiger partial charge is 0.421 e. The van der Waals surface area contributed by atoms with Crippen molar-refractivity contribution in [2.45, 2.75) is 29.2 Å². The number of fused-ring (bicyclic) bond motifs is 3. The summed E-state index contributed by atoms with van der Waals surface area (Å²) in [6.45, 7) is 2.66. The molecule has 2 unspecified atom stereocenters. The molecular weight excluding hydrogens is 314 g/mol. The van der Waals surface area contributed by atoms with Crippen LogP contribution in [-0.4, -0.2) is 38.2 Å². The van der Waals surface area contributed by atoms with E-state index in [4.69, 9.17) is 0 Å². The van der Waals surface area contributed by atoms with Gasteiger partial charge in [-0.2, -0.15) is 0 Å². The van der Waals surface area contributed by atoms with Crippen molar-refractivity contribution in [1.29, 1.82) is 0 Å². The van der Waals surface area contributed by atoms with Crippen LogP contribution in [0, 0.1) is 0 Å². The van der Waals surface area contributed by atoms with Gasteiger partial charge < -0.3 is 5.21 Å². The number of rotatable bonds is 2. The Hall–Kier alpha value is -1.99. The number of aromatic nitrogens is 2. The third-order valence-corrected chi connectivity index (χ3v) is 5.95. The molecule has 1 aromatic heterocycles. The zero-order valence-corrected chi connectivity index (χ0v) is 13.3. The van der Waals surface area contributed by atoms with Crippen LogP contribution in [0.15, 0.2) is 44.9 Å². The van der Waals surface area contributed by atoms with Crippen molar-refractivity contribution in [2.75, 3.05) is 13.1 Å². The van der Waals surface area contributed by atoms with E-state index in [0.29, 0.717) is 10.6 Å². The first-order chi connectivity index (χ1) is 11.1. The van der Waals surface area contributed by atoms with Crippen molar-refractivity contribution in [3.63, 3.8) is 0 Å². The van der Waals surface area contributed by atoms with E-state index < -0.39 is 11.2 Å². The summed E-state index contributed by atoms with van der Waals surface area (Å²) in [5.74, 6) is 0.102. The van der Waals surface area contributed by atoms with Crippen LogP contribution >= 0.6 is 11.8 Å². The first-order valence-electron chi connectivity index (χ1n) is 7.65. The third kappa shape index (κ3) is 2.49. The summed E-state index contributed by atoms with van der Waals surface area (Å²) < 4.78 is 0.193. The standard InChI is InChI=1S/C16H17N3O3S/c20-15-13-11-6-7-18(8-10-4-2-1-3-5-10)9-12(11)23-14(13)17-16(21)19(15)22/h1-5,11-12,22H,6-9H2,(H,17,21). The van der Waals surface area contributed by atoms with E-state index in [2.05, 4.69) is 22.0 Å². The maximum Gasteiger partial charge on any atom is 0.362 e. The van der Waals surface area contributed by atoms with Crippen LogP contribution < -0.4 is 11.2 Å². The van der Waals surface area contributed by atoms with Gasteiger partial charge in [-0.15, -0.1) is 11.8 Å². The molecule has 2 N–H and O–H groups in total. The zero-order chi connectivity index (χ0) is 16.0. The van der Waals surface area contributed by atoms with Gasteiger partial charge in [-0.1, -0.05) is 35.1 Å². The molecule has 0 aliphatic carbocycles. The molecule has 1 aromatic carbocycles. The molecule has 2 aliphatic rings. The number of hydrogen-bond acceptors (Lipinski definition) is 5. The predicted octanol–water partition coefficient (Wildman–Crippen LogP) is 1.24. The molecule has 2 aromatic rings. The Kier molecular flexibility index (Phi) is 3.54. The molecule has 4 rings (SSSR count). The first kappa shape index (κ1) is 14.6. The van der Waals surface area contributed by atoms with Gasteiger partial charge >= 0.3 is 5.69 Å². The van der Waals surface area contributed by atoms with Crippen LogP contribution in [-0.2, 0) is 6.54 Å². The quantitative estimate of drug-likeness (QED) is 0.639. The first-order valence-corrected chi connectivity index (χ1v) is 8.53. The summed E-state index contributed by atoms with van der Waals surface area (Å²) in [7, 11) is 0. The van der Waals surface area contributed by atoms with E-state index in [0.717, 1.165) is 26.1 Å². The normalized spacial score (nSPS) is 23.5. The lowest BCUT2D eigenvalue weighted by Gasteiger charge is -2.34. The van der Waals surface area contributed by atoms with Gasteiger partial charge in [-0.3, -0.25) is 14.7 Å². The lowest BCUT2D eigenvalue weighted by Crippen LogP contribution is -2.41. The topological polar surface area (TPSA) is 78.3 Å². The Bertz CT molecular complexity index is 846.